The van der Waals surface area contributed by atoms with Gasteiger partial charge in [0.1, 0.15) is 14.3 Å². The summed E-state index contributed by atoms with van der Waals surface area (Å²) in [7, 11) is -4.08. The van der Waals surface area contributed by atoms with Crippen LogP contribution in [0.5, 0.6) is 0 Å². The standard InChI is InChI=1S/C17H17N2O5P/c1-25(22,23)24-12-19-15(20)17(18-16(19)21,13-8-4-2-5-9-13)14-10-6-3-7-11-14/h2-11H,12H2,1H3,(H,18,21)(H,22,23)/p-1. The molecular weight excluding hydrogens is 343 g/mol. The van der Waals surface area contributed by atoms with Crippen LogP contribution in [0.4, 0.5) is 4.79 Å². The Morgan fingerprint density at radius 1 is 1.04 bits per heavy atom. The van der Waals surface area contributed by atoms with Crippen molar-refractivity contribution >= 4 is 19.5 Å². The lowest BCUT2D eigenvalue weighted by molar-refractivity contribution is -0.198. The quantitative estimate of drug-likeness (QED) is 0.646. The average Bonchev–Trinajstić information content (AvgIpc) is 2.85. The van der Waals surface area contributed by atoms with Crippen molar-refractivity contribution in [2.45, 2.75) is 5.54 Å². The van der Waals surface area contributed by atoms with Crippen LogP contribution in [-0.4, -0.2) is 30.2 Å². The first-order valence-corrected chi connectivity index (χ1v) is 9.52. The zero-order valence-electron chi connectivity index (χ0n) is 13.4. The number of hydrogen-bond donors (Lipinski definition) is 1. The molecule has 1 fully saturated rings. The predicted octanol–water partition coefficient (Wildman–Crippen LogP) is 1.64. The molecule has 1 N–H and O–H groups in total. The number of benzene rings is 2. The molecule has 1 aliphatic rings. The molecule has 1 heterocycles. The van der Waals surface area contributed by atoms with Crippen molar-refractivity contribution < 1.29 is 23.6 Å². The Hall–Kier alpha value is -2.47. The highest BCUT2D eigenvalue weighted by molar-refractivity contribution is 7.50. The van der Waals surface area contributed by atoms with Crippen LogP contribution in [0.3, 0.4) is 0 Å². The molecule has 2 aromatic rings. The SMILES string of the molecule is CP(=O)([O-])OCN1C(=O)NC(c2ccccc2)(c2ccccc2)C1=O. The predicted molar refractivity (Wildman–Crippen MR) is 88.5 cm³/mol. The van der Waals surface area contributed by atoms with Crippen LogP contribution >= 0.6 is 7.60 Å². The van der Waals surface area contributed by atoms with Crippen LogP contribution in [0, 0.1) is 0 Å². The van der Waals surface area contributed by atoms with Gasteiger partial charge in [0.25, 0.3) is 5.91 Å². The zero-order valence-corrected chi connectivity index (χ0v) is 14.3. The van der Waals surface area contributed by atoms with E-state index in [2.05, 4.69) is 9.84 Å². The monoisotopic (exact) mass is 359 g/mol. The van der Waals surface area contributed by atoms with Crippen molar-refractivity contribution in [1.82, 2.24) is 10.2 Å². The van der Waals surface area contributed by atoms with E-state index < -0.39 is 31.8 Å². The summed E-state index contributed by atoms with van der Waals surface area (Å²) >= 11 is 0. The number of amides is 3. The maximum absolute atomic E-state index is 13.1. The maximum atomic E-state index is 13.1. The van der Waals surface area contributed by atoms with Gasteiger partial charge in [0.05, 0.1) is 0 Å². The van der Waals surface area contributed by atoms with E-state index in [1.807, 2.05) is 0 Å². The third-order valence-electron chi connectivity index (χ3n) is 3.94. The molecule has 130 valence electrons. The maximum Gasteiger partial charge on any atom is 0.327 e. The Morgan fingerprint density at radius 2 is 1.52 bits per heavy atom. The summed E-state index contributed by atoms with van der Waals surface area (Å²) in [5.74, 6) is -0.594. The summed E-state index contributed by atoms with van der Waals surface area (Å²) in [4.78, 5) is 37.5. The van der Waals surface area contributed by atoms with Gasteiger partial charge in [0.15, 0.2) is 5.54 Å². The van der Waals surface area contributed by atoms with E-state index in [0.29, 0.717) is 11.1 Å². The fraction of sp³-hybridized carbons (Fsp3) is 0.176. The Kier molecular flexibility index (Phi) is 4.47. The third-order valence-corrected chi connectivity index (χ3v) is 4.52. The molecule has 1 aliphatic heterocycles. The van der Waals surface area contributed by atoms with Crippen molar-refractivity contribution in [3.8, 4) is 0 Å². The van der Waals surface area contributed by atoms with Crippen LogP contribution in [-0.2, 0) is 19.4 Å². The molecule has 1 atom stereocenters. The summed E-state index contributed by atoms with van der Waals surface area (Å²) in [6.07, 6.45) is 0. The first-order chi connectivity index (χ1) is 11.8. The zero-order chi connectivity index (χ0) is 18.1. The molecule has 3 amide bonds. The number of imide groups is 1. The third kappa shape index (κ3) is 3.22. The lowest BCUT2D eigenvalue weighted by atomic mass is 9.83. The number of carbonyl (C=O) groups is 2. The van der Waals surface area contributed by atoms with Gasteiger partial charge >= 0.3 is 6.03 Å². The second-order valence-electron chi connectivity index (χ2n) is 5.67. The van der Waals surface area contributed by atoms with Gasteiger partial charge in [-0.05, 0) is 11.1 Å². The summed E-state index contributed by atoms with van der Waals surface area (Å²) in [6, 6.07) is 16.8. The van der Waals surface area contributed by atoms with Gasteiger partial charge in [-0.15, -0.1) is 0 Å². The second-order valence-corrected chi connectivity index (χ2v) is 7.48. The fourth-order valence-corrected chi connectivity index (χ4v) is 3.12. The molecule has 3 rings (SSSR count). The Balaban J connectivity index is 2.06. The molecule has 1 unspecified atom stereocenters. The number of hydrogen-bond acceptors (Lipinski definition) is 5. The van der Waals surface area contributed by atoms with E-state index in [0.717, 1.165) is 11.6 Å². The average molecular weight is 359 g/mol. The van der Waals surface area contributed by atoms with E-state index in [-0.39, 0.29) is 0 Å². The Labute approximate surface area is 144 Å². The number of urea groups is 1. The number of nitrogens with one attached hydrogen (secondary N) is 1. The van der Waals surface area contributed by atoms with Crippen molar-refractivity contribution in [3.05, 3.63) is 71.8 Å². The topological polar surface area (TPSA) is 98.8 Å². The summed E-state index contributed by atoms with van der Waals surface area (Å²) in [5, 5.41) is 2.70. The van der Waals surface area contributed by atoms with Gasteiger partial charge < -0.3 is 19.3 Å². The first kappa shape index (κ1) is 17.4. The summed E-state index contributed by atoms with van der Waals surface area (Å²) in [6.45, 7) is 0.219. The number of carbonyl (C=O) groups excluding carboxylic acids is 2. The molecule has 25 heavy (non-hydrogen) atoms. The number of nitrogens with zero attached hydrogens (tertiary/aromatic N) is 1. The molecule has 0 aromatic heterocycles. The van der Waals surface area contributed by atoms with Crippen molar-refractivity contribution in [2.24, 2.45) is 0 Å². The van der Waals surface area contributed by atoms with Crippen LogP contribution in [0.2, 0.25) is 0 Å². The van der Waals surface area contributed by atoms with Gasteiger partial charge in [0.2, 0.25) is 0 Å². The van der Waals surface area contributed by atoms with E-state index >= 15 is 0 Å². The van der Waals surface area contributed by atoms with Crippen LogP contribution in [0.1, 0.15) is 11.1 Å². The molecule has 7 nitrogen and oxygen atoms in total. The van der Waals surface area contributed by atoms with Gasteiger partial charge in [-0.3, -0.25) is 4.79 Å². The molecule has 2 aromatic carbocycles. The molecule has 8 heteroatoms. The van der Waals surface area contributed by atoms with Gasteiger partial charge in [-0.2, -0.15) is 0 Å². The highest BCUT2D eigenvalue weighted by Gasteiger charge is 2.53. The first-order valence-electron chi connectivity index (χ1n) is 7.53. The molecular formula is C17H16N2O5P-. The van der Waals surface area contributed by atoms with Gasteiger partial charge in [-0.25, -0.2) is 9.69 Å². The van der Waals surface area contributed by atoms with Gasteiger partial charge in [0, 0.05) is 6.66 Å². The van der Waals surface area contributed by atoms with Crippen LogP contribution in [0.15, 0.2) is 60.7 Å². The van der Waals surface area contributed by atoms with E-state index in [1.165, 1.54) is 0 Å². The van der Waals surface area contributed by atoms with Crippen molar-refractivity contribution in [2.75, 3.05) is 13.4 Å². The van der Waals surface area contributed by atoms with Crippen LogP contribution < -0.4 is 10.2 Å². The fourth-order valence-electron chi connectivity index (χ4n) is 2.79. The minimum atomic E-state index is -4.08. The molecule has 0 spiro atoms. The molecule has 0 saturated carbocycles. The van der Waals surface area contributed by atoms with Crippen molar-refractivity contribution in [1.29, 1.82) is 0 Å². The highest BCUT2D eigenvalue weighted by atomic mass is 31.2. The van der Waals surface area contributed by atoms with Crippen molar-refractivity contribution in [3.63, 3.8) is 0 Å². The van der Waals surface area contributed by atoms with E-state index in [9.17, 15) is 19.0 Å². The second kappa shape index (κ2) is 6.44. The van der Waals surface area contributed by atoms with Gasteiger partial charge in [-0.1, -0.05) is 60.7 Å². The summed E-state index contributed by atoms with van der Waals surface area (Å²) < 4.78 is 15.9. The van der Waals surface area contributed by atoms with Crippen LogP contribution in [0.25, 0.3) is 0 Å². The highest BCUT2D eigenvalue weighted by Crippen LogP contribution is 2.37. The number of rotatable bonds is 5. The molecule has 0 radical (unpaired) electrons. The minimum absolute atomic E-state index is 0.573. The lowest BCUT2D eigenvalue weighted by Gasteiger charge is -2.28. The molecule has 0 aliphatic carbocycles. The molecule has 1 saturated heterocycles. The lowest BCUT2D eigenvalue weighted by Crippen LogP contribution is -2.45. The summed E-state index contributed by atoms with van der Waals surface area (Å²) in [5.41, 5.74) is -0.281. The van der Waals surface area contributed by atoms with E-state index in [4.69, 9.17) is 0 Å². The Morgan fingerprint density at radius 3 is 1.96 bits per heavy atom. The minimum Gasteiger partial charge on any atom is -0.779 e. The Bertz CT molecular complexity index is 795. The largest absolute Gasteiger partial charge is 0.779 e. The smallest absolute Gasteiger partial charge is 0.327 e. The molecule has 0 bridgehead atoms. The normalized spacial score (nSPS) is 18.7. The van der Waals surface area contributed by atoms with E-state index in [1.54, 1.807) is 60.7 Å².